The SMILES string of the molecule is O=C1C(Nc2cccc(F)c2)=CC(=O)c2c1nc1n2C[C@@H]([C@H](O)CO)OC1. The van der Waals surface area contributed by atoms with Gasteiger partial charge in [-0.2, -0.15) is 0 Å². The number of allylic oxidation sites excluding steroid dienone is 2. The summed E-state index contributed by atoms with van der Waals surface area (Å²) >= 11 is 0. The third-order valence-electron chi connectivity index (χ3n) is 4.52. The Hall–Kier alpha value is -2.88. The number of benzene rings is 1. The van der Waals surface area contributed by atoms with E-state index in [9.17, 15) is 19.1 Å². The van der Waals surface area contributed by atoms with Crippen molar-refractivity contribution in [3.8, 4) is 0 Å². The van der Waals surface area contributed by atoms with E-state index >= 15 is 0 Å². The first-order valence-electron chi connectivity index (χ1n) is 8.31. The molecule has 2 aliphatic rings. The van der Waals surface area contributed by atoms with Crippen molar-refractivity contribution < 1.29 is 28.9 Å². The second kappa shape index (κ2) is 6.69. The largest absolute Gasteiger partial charge is 0.394 e. The molecule has 0 saturated heterocycles. The Morgan fingerprint density at radius 2 is 2.22 bits per heavy atom. The number of ether oxygens (including phenoxy) is 1. The van der Waals surface area contributed by atoms with Crippen molar-refractivity contribution in [3.63, 3.8) is 0 Å². The Bertz CT molecular complexity index is 968. The van der Waals surface area contributed by atoms with Crippen LogP contribution in [0, 0.1) is 5.82 Å². The number of hydrogen-bond acceptors (Lipinski definition) is 7. The van der Waals surface area contributed by atoms with Crippen LogP contribution in [0.1, 0.15) is 26.8 Å². The molecule has 2 atom stereocenters. The Morgan fingerprint density at radius 1 is 1.41 bits per heavy atom. The van der Waals surface area contributed by atoms with Gasteiger partial charge in [0.15, 0.2) is 0 Å². The minimum absolute atomic E-state index is 0.00130. The summed E-state index contributed by atoms with van der Waals surface area (Å²) in [6.07, 6.45) is -0.664. The van der Waals surface area contributed by atoms with Gasteiger partial charge in [0.1, 0.15) is 41.8 Å². The normalized spacial score (nSPS) is 20.0. The molecule has 0 amide bonds. The molecule has 1 aromatic carbocycles. The molecular formula is C18H16FN3O5. The number of ketones is 2. The molecule has 3 N–H and O–H groups in total. The van der Waals surface area contributed by atoms with E-state index in [0.29, 0.717) is 11.5 Å². The van der Waals surface area contributed by atoms with Crippen molar-refractivity contribution in [1.29, 1.82) is 0 Å². The second-order valence-corrected chi connectivity index (χ2v) is 6.32. The number of nitrogens with zero attached hydrogens (tertiary/aromatic N) is 2. The maximum absolute atomic E-state index is 13.3. The topological polar surface area (TPSA) is 114 Å². The number of aromatic nitrogens is 2. The predicted molar refractivity (Wildman–Crippen MR) is 90.7 cm³/mol. The number of hydrogen-bond donors (Lipinski definition) is 3. The fraction of sp³-hybridized carbons (Fsp3) is 0.278. The van der Waals surface area contributed by atoms with E-state index in [1.165, 1.54) is 22.8 Å². The van der Waals surface area contributed by atoms with Crippen LogP contribution >= 0.6 is 0 Å². The summed E-state index contributed by atoms with van der Waals surface area (Å²) in [6.45, 7) is -0.383. The zero-order chi connectivity index (χ0) is 19.1. The maximum Gasteiger partial charge on any atom is 0.230 e. The monoisotopic (exact) mass is 373 g/mol. The van der Waals surface area contributed by atoms with E-state index in [4.69, 9.17) is 9.84 Å². The fourth-order valence-electron chi connectivity index (χ4n) is 3.19. The highest BCUT2D eigenvalue weighted by Gasteiger charge is 2.36. The number of rotatable bonds is 4. The summed E-state index contributed by atoms with van der Waals surface area (Å²) < 4.78 is 20.3. The van der Waals surface area contributed by atoms with Gasteiger partial charge < -0.3 is 24.8 Å². The number of aliphatic hydroxyl groups excluding tert-OH is 2. The van der Waals surface area contributed by atoms with Crippen molar-refractivity contribution in [1.82, 2.24) is 9.55 Å². The Kier molecular flexibility index (Phi) is 4.34. The Morgan fingerprint density at radius 3 is 2.96 bits per heavy atom. The van der Waals surface area contributed by atoms with Gasteiger partial charge >= 0.3 is 0 Å². The number of fused-ring (bicyclic) bond motifs is 3. The molecule has 0 spiro atoms. The fourth-order valence-corrected chi connectivity index (χ4v) is 3.19. The van der Waals surface area contributed by atoms with Gasteiger partial charge in [-0.05, 0) is 18.2 Å². The molecule has 9 heteroatoms. The molecule has 140 valence electrons. The molecule has 1 aliphatic heterocycles. The molecule has 0 radical (unpaired) electrons. The van der Waals surface area contributed by atoms with Crippen LogP contribution in [-0.2, 0) is 17.9 Å². The van der Waals surface area contributed by atoms with E-state index in [-0.39, 0.29) is 30.2 Å². The summed E-state index contributed by atoms with van der Waals surface area (Å²) in [5, 5.41) is 21.6. The minimum atomic E-state index is -1.11. The molecule has 1 aliphatic carbocycles. The van der Waals surface area contributed by atoms with Crippen LogP contribution in [0.15, 0.2) is 36.0 Å². The van der Waals surface area contributed by atoms with Gasteiger partial charge in [-0.25, -0.2) is 9.37 Å². The zero-order valence-electron chi connectivity index (χ0n) is 14.1. The van der Waals surface area contributed by atoms with Crippen molar-refractivity contribution >= 4 is 17.3 Å². The molecule has 1 aromatic heterocycles. The highest BCUT2D eigenvalue weighted by atomic mass is 19.1. The summed E-state index contributed by atoms with van der Waals surface area (Å²) in [6, 6.07) is 5.54. The molecule has 0 saturated carbocycles. The third-order valence-corrected chi connectivity index (χ3v) is 4.52. The first-order valence-corrected chi connectivity index (χ1v) is 8.31. The van der Waals surface area contributed by atoms with Crippen molar-refractivity contribution in [2.24, 2.45) is 0 Å². The molecule has 27 heavy (non-hydrogen) atoms. The highest BCUT2D eigenvalue weighted by Crippen LogP contribution is 2.27. The van der Waals surface area contributed by atoms with Gasteiger partial charge in [0.25, 0.3) is 0 Å². The molecule has 0 bridgehead atoms. The average molecular weight is 373 g/mol. The number of anilines is 1. The quantitative estimate of drug-likeness (QED) is 0.721. The Labute approximate surface area is 152 Å². The second-order valence-electron chi connectivity index (χ2n) is 6.32. The first-order chi connectivity index (χ1) is 13.0. The van der Waals surface area contributed by atoms with Gasteiger partial charge in [0, 0.05) is 11.8 Å². The summed E-state index contributed by atoms with van der Waals surface area (Å²) in [7, 11) is 0. The van der Waals surface area contributed by atoms with E-state index in [2.05, 4.69) is 10.3 Å². The van der Waals surface area contributed by atoms with Gasteiger partial charge in [-0.1, -0.05) is 6.07 Å². The number of Topliss-reactive ketones (excluding diaryl/α,β-unsaturated/α-hetero) is 1. The molecule has 4 rings (SSSR count). The predicted octanol–water partition coefficient (Wildman–Crippen LogP) is 0.649. The number of aliphatic hydroxyl groups is 2. The molecule has 8 nitrogen and oxygen atoms in total. The summed E-state index contributed by atoms with van der Waals surface area (Å²) in [4.78, 5) is 29.6. The molecular weight excluding hydrogens is 357 g/mol. The van der Waals surface area contributed by atoms with E-state index < -0.39 is 36.2 Å². The lowest BCUT2D eigenvalue weighted by molar-refractivity contribution is -0.0873. The van der Waals surface area contributed by atoms with Crippen LogP contribution in [0.4, 0.5) is 10.1 Å². The van der Waals surface area contributed by atoms with Crippen LogP contribution in [0.3, 0.4) is 0 Å². The highest BCUT2D eigenvalue weighted by molar-refractivity contribution is 6.24. The van der Waals surface area contributed by atoms with Crippen LogP contribution in [0.5, 0.6) is 0 Å². The molecule has 0 unspecified atom stereocenters. The number of carbonyl (C=O) groups is 2. The van der Waals surface area contributed by atoms with E-state index in [1.807, 2.05) is 0 Å². The molecule has 0 fully saturated rings. The standard InChI is InChI=1S/C18H16FN3O5/c19-9-2-1-3-10(4-9)20-11-5-12(24)17-16(18(11)26)21-15-8-27-14(6-22(15)17)13(25)7-23/h1-5,13-14,20,23,25H,6-8H2/t13-,14+/m1/s1. The van der Waals surface area contributed by atoms with Crippen LogP contribution in [0.2, 0.25) is 0 Å². The van der Waals surface area contributed by atoms with E-state index in [1.54, 1.807) is 6.07 Å². The molecule has 2 aromatic rings. The molecule has 2 heterocycles. The number of halogens is 1. The van der Waals surface area contributed by atoms with Gasteiger partial charge in [0.2, 0.25) is 11.6 Å². The van der Waals surface area contributed by atoms with Crippen LogP contribution in [-0.4, -0.2) is 50.1 Å². The van der Waals surface area contributed by atoms with Crippen LogP contribution in [0.25, 0.3) is 0 Å². The van der Waals surface area contributed by atoms with Crippen LogP contribution < -0.4 is 5.32 Å². The van der Waals surface area contributed by atoms with Crippen molar-refractivity contribution in [3.05, 3.63) is 59.1 Å². The summed E-state index contributed by atoms with van der Waals surface area (Å²) in [5.41, 5.74) is 0.447. The number of imidazole rings is 1. The number of nitrogens with one attached hydrogen (secondary N) is 1. The van der Waals surface area contributed by atoms with Gasteiger partial charge in [-0.15, -0.1) is 0 Å². The zero-order valence-corrected chi connectivity index (χ0v) is 14.1. The summed E-state index contributed by atoms with van der Waals surface area (Å²) in [5.74, 6) is -1.00. The lowest BCUT2D eigenvalue weighted by Crippen LogP contribution is -2.40. The van der Waals surface area contributed by atoms with Gasteiger partial charge in [-0.3, -0.25) is 9.59 Å². The minimum Gasteiger partial charge on any atom is -0.394 e. The van der Waals surface area contributed by atoms with Gasteiger partial charge in [0.05, 0.1) is 18.8 Å². The lowest BCUT2D eigenvalue weighted by atomic mass is 10.0. The van der Waals surface area contributed by atoms with Crippen molar-refractivity contribution in [2.45, 2.75) is 25.4 Å². The Balaban J connectivity index is 1.65. The lowest BCUT2D eigenvalue weighted by Gasteiger charge is -2.28. The average Bonchev–Trinajstić information content (AvgIpc) is 3.04. The van der Waals surface area contributed by atoms with Crippen molar-refractivity contribution in [2.75, 3.05) is 11.9 Å². The third kappa shape index (κ3) is 3.05. The van der Waals surface area contributed by atoms with E-state index in [0.717, 1.165) is 6.08 Å². The number of carbonyl (C=O) groups excluding carboxylic acids is 2. The maximum atomic E-state index is 13.3. The smallest absolute Gasteiger partial charge is 0.230 e. The first kappa shape index (κ1) is 17.5.